The van der Waals surface area contributed by atoms with Crippen LogP contribution < -0.4 is 0 Å². The van der Waals surface area contributed by atoms with E-state index in [-0.39, 0.29) is 6.10 Å². The lowest BCUT2D eigenvalue weighted by atomic mass is 10.2. The van der Waals surface area contributed by atoms with Gasteiger partial charge in [-0.1, -0.05) is 0 Å². The second-order valence-corrected chi connectivity index (χ2v) is 2.12. The van der Waals surface area contributed by atoms with Crippen LogP contribution in [0.15, 0.2) is 0 Å². The Morgan fingerprint density at radius 1 is 1.89 bits per heavy atom. The molecule has 2 nitrogen and oxygen atoms in total. The molecule has 0 spiro atoms. The van der Waals surface area contributed by atoms with Gasteiger partial charge in [-0.25, -0.2) is 0 Å². The van der Waals surface area contributed by atoms with Gasteiger partial charge >= 0.3 is 0 Å². The van der Waals surface area contributed by atoms with Gasteiger partial charge in [-0.3, -0.25) is 0 Å². The van der Waals surface area contributed by atoms with Gasteiger partial charge in [0.25, 0.3) is 0 Å². The lowest BCUT2D eigenvalue weighted by Gasteiger charge is -2.03. The molecule has 0 aliphatic carbocycles. The number of rotatable bonds is 4. The monoisotopic (exact) mass is 142 g/mol. The average molecular weight is 142 g/mol. The van der Waals surface area contributed by atoms with E-state index in [1.807, 2.05) is 0 Å². The second kappa shape index (κ2) is 5.54. The Morgan fingerprint density at radius 2 is 2.56 bits per heavy atom. The minimum Gasteiger partial charge on any atom is -0.418 e. The van der Waals surface area contributed by atoms with Crippen molar-refractivity contribution in [2.45, 2.75) is 18.9 Å². The molecular weight excluding hydrogens is 132 g/mol. The number of terminal acetylenes is 1. The van der Waals surface area contributed by atoms with E-state index in [2.05, 4.69) is 5.92 Å². The molecule has 0 saturated heterocycles. The SMILES string of the molecule is C#CCCC(C=O)O[SiH3]. The Kier molecular flexibility index (Phi) is 5.18. The summed E-state index contributed by atoms with van der Waals surface area (Å²) < 4.78 is 4.88. The standard InChI is InChI=1S/C6H10O2Si/c1-2-3-4-6(5-7)8-9/h1,5-6H,3-4H2,9H3. The van der Waals surface area contributed by atoms with Gasteiger partial charge in [0, 0.05) is 6.42 Å². The van der Waals surface area contributed by atoms with Gasteiger partial charge < -0.3 is 9.22 Å². The molecule has 50 valence electrons. The van der Waals surface area contributed by atoms with Crippen molar-refractivity contribution in [1.29, 1.82) is 0 Å². The zero-order chi connectivity index (χ0) is 7.11. The molecule has 0 bridgehead atoms. The third-order valence-electron chi connectivity index (χ3n) is 1.03. The number of carbonyl (C=O) groups excluding carboxylic acids is 1. The average Bonchev–Trinajstić information content (AvgIpc) is 1.91. The fourth-order valence-electron chi connectivity index (χ4n) is 0.467. The van der Waals surface area contributed by atoms with E-state index < -0.39 is 0 Å². The number of hydrogen-bond acceptors (Lipinski definition) is 2. The first-order valence-electron chi connectivity index (χ1n) is 2.76. The third-order valence-corrected chi connectivity index (χ3v) is 1.63. The highest BCUT2D eigenvalue weighted by atomic mass is 28.2. The molecule has 9 heavy (non-hydrogen) atoms. The van der Waals surface area contributed by atoms with Crippen LogP contribution in [0.1, 0.15) is 12.8 Å². The normalized spacial score (nSPS) is 12.3. The molecule has 3 heteroatoms. The maximum atomic E-state index is 10.1. The minimum absolute atomic E-state index is 0.257. The molecule has 0 N–H and O–H groups in total. The van der Waals surface area contributed by atoms with E-state index >= 15 is 0 Å². The van der Waals surface area contributed by atoms with Crippen LogP contribution in [0.5, 0.6) is 0 Å². The first kappa shape index (κ1) is 8.41. The molecule has 0 heterocycles. The molecule has 1 unspecified atom stereocenters. The van der Waals surface area contributed by atoms with Gasteiger partial charge in [0.05, 0.1) is 0 Å². The molecule has 0 amide bonds. The number of aldehydes is 1. The summed E-state index contributed by atoms with van der Waals surface area (Å²) >= 11 is 0. The summed E-state index contributed by atoms with van der Waals surface area (Å²) in [4.78, 5) is 10.1. The molecule has 0 fully saturated rings. The Bertz CT molecular complexity index is 117. The summed E-state index contributed by atoms with van der Waals surface area (Å²) in [6.45, 7) is 0. The molecule has 0 rings (SSSR count). The number of carbonyl (C=O) groups is 1. The Morgan fingerprint density at radius 3 is 2.89 bits per heavy atom. The quantitative estimate of drug-likeness (QED) is 0.294. The highest BCUT2D eigenvalue weighted by Crippen LogP contribution is 1.95. The van der Waals surface area contributed by atoms with Crippen LogP contribution in [-0.4, -0.2) is 22.9 Å². The van der Waals surface area contributed by atoms with Crippen molar-refractivity contribution in [1.82, 2.24) is 0 Å². The molecule has 1 atom stereocenters. The zero-order valence-electron chi connectivity index (χ0n) is 5.46. The summed E-state index contributed by atoms with van der Waals surface area (Å²) in [5, 5.41) is 0. The summed E-state index contributed by atoms with van der Waals surface area (Å²) in [6.07, 6.45) is 6.79. The molecule has 0 radical (unpaired) electrons. The van der Waals surface area contributed by atoms with Crippen LogP contribution in [0.4, 0.5) is 0 Å². The lowest BCUT2D eigenvalue weighted by Crippen LogP contribution is -2.11. The minimum atomic E-state index is -0.257. The van der Waals surface area contributed by atoms with E-state index in [4.69, 9.17) is 10.8 Å². The maximum absolute atomic E-state index is 10.1. The van der Waals surface area contributed by atoms with Gasteiger partial charge in [0.1, 0.15) is 22.9 Å². The fraction of sp³-hybridized carbons (Fsp3) is 0.500. The number of hydrogen-bond donors (Lipinski definition) is 0. The smallest absolute Gasteiger partial charge is 0.147 e. The van der Waals surface area contributed by atoms with Gasteiger partial charge in [-0.05, 0) is 6.42 Å². The fourth-order valence-corrected chi connectivity index (χ4v) is 0.814. The van der Waals surface area contributed by atoms with Gasteiger partial charge in [-0.2, -0.15) is 0 Å². The molecule has 0 aliphatic heterocycles. The van der Waals surface area contributed by atoms with E-state index in [9.17, 15) is 4.79 Å². The molecule has 0 aliphatic rings. The first-order valence-corrected chi connectivity index (χ1v) is 3.58. The van der Waals surface area contributed by atoms with E-state index in [0.29, 0.717) is 23.3 Å². The molecular formula is C6H10O2Si. The predicted molar refractivity (Wildman–Crippen MR) is 38.9 cm³/mol. The maximum Gasteiger partial charge on any atom is 0.147 e. The topological polar surface area (TPSA) is 26.3 Å². The summed E-state index contributed by atoms with van der Waals surface area (Å²) in [6, 6.07) is 0. The Hall–Kier alpha value is -0.593. The van der Waals surface area contributed by atoms with Crippen molar-refractivity contribution in [3.63, 3.8) is 0 Å². The van der Waals surface area contributed by atoms with Crippen molar-refractivity contribution in [3.8, 4) is 12.3 Å². The second-order valence-electron chi connectivity index (χ2n) is 1.65. The highest BCUT2D eigenvalue weighted by Gasteiger charge is 2.00. The summed E-state index contributed by atoms with van der Waals surface area (Å²) in [5.74, 6) is 2.44. The van der Waals surface area contributed by atoms with E-state index in [1.54, 1.807) is 0 Å². The lowest BCUT2D eigenvalue weighted by molar-refractivity contribution is -0.113. The predicted octanol–water partition coefficient (Wildman–Crippen LogP) is -0.736. The highest BCUT2D eigenvalue weighted by molar-refractivity contribution is 5.98. The van der Waals surface area contributed by atoms with Crippen LogP contribution in [0.25, 0.3) is 0 Å². The van der Waals surface area contributed by atoms with E-state index in [0.717, 1.165) is 6.29 Å². The van der Waals surface area contributed by atoms with Crippen molar-refractivity contribution in [2.24, 2.45) is 0 Å². The van der Waals surface area contributed by atoms with Crippen LogP contribution in [0, 0.1) is 12.3 Å². The largest absolute Gasteiger partial charge is 0.418 e. The van der Waals surface area contributed by atoms with Gasteiger partial charge in [0.15, 0.2) is 0 Å². The van der Waals surface area contributed by atoms with Gasteiger partial charge in [0.2, 0.25) is 0 Å². The summed E-state index contributed by atoms with van der Waals surface area (Å²) in [7, 11) is 0.599. The van der Waals surface area contributed by atoms with Crippen LogP contribution in [-0.2, 0) is 9.22 Å². The van der Waals surface area contributed by atoms with Crippen molar-refractivity contribution in [3.05, 3.63) is 0 Å². The van der Waals surface area contributed by atoms with Crippen molar-refractivity contribution < 1.29 is 9.22 Å². The van der Waals surface area contributed by atoms with Crippen LogP contribution in [0.2, 0.25) is 0 Å². The van der Waals surface area contributed by atoms with E-state index in [1.165, 1.54) is 0 Å². The Labute approximate surface area is 58.1 Å². The molecule has 0 aromatic carbocycles. The molecule has 0 aromatic rings. The third kappa shape index (κ3) is 3.95. The summed E-state index contributed by atoms with van der Waals surface area (Å²) in [5.41, 5.74) is 0. The first-order chi connectivity index (χ1) is 4.35. The molecule has 0 saturated carbocycles. The van der Waals surface area contributed by atoms with Gasteiger partial charge in [-0.15, -0.1) is 12.3 Å². The Balaban J connectivity index is 3.33. The molecule has 0 aromatic heterocycles. The van der Waals surface area contributed by atoms with Crippen LogP contribution in [0.3, 0.4) is 0 Å². The van der Waals surface area contributed by atoms with Crippen molar-refractivity contribution >= 4 is 16.8 Å². The zero-order valence-corrected chi connectivity index (χ0v) is 7.46. The van der Waals surface area contributed by atoms with Crippen LogP contribution >= 0.6 is 0 Å². The van der Waals surface area contributed by atoms with Crippen molar-refractivity contribution in [2.75, 3.05) is 0 Å².